The van der Waals surface area contributed by atoms with Crippen LogP contribution in [0.1, 0.15) is 15.9 Å². The van der Waals surface area contributed by atoms with Gasteiger partial charge in [-0.15, -0.1) is 0 Å². The summed E-state index contributed by atoms with van der Waals surface area (Å²) >= 11 is 11.9. The maximum absolute atomic E-state index is 12.5. The van der Waals surface area contributed by atoms with Gasteiger partial charge < -0.3 is 10.2 Å². The molecule has 160 valence electrons. The molecule has 1 heterocycles. The highest BCUT2D eigenvalue weighted by molar-refractivity contribution is 6.30. The van der Waals surface area contributed by atoms with Crippen molar-refractivity contribution in [2.24, 2.45) is 0 Å². The van der Waals surface area contributed by atoms with E-state index in [1.165, 1.54) is 0 Å². The van der Waals surface area contributed by atoms with Gasteiger partial charge in [0, 0.05) is 40.5 Å². The van der Waals surface area contributed by atoms with E-state index in [4.69, 9.17) is 28.2 Å². The number of benzene rings is 3. The quantitative estimate of drug-likeness (QED) is 0.363. The Morgan fingerprint density at radius 3 is 2.34 bits per heavy atom. The van der Waals surface area contributed by atoms with E-state index in [-0.39, 0.29) is 5.91 Å². The summed E-state index contributed by atoms with van der Waals surface area (Å²) in [6, 6.07) is 22.0. The Bertz CT molecular complexity index is 1230. The minimum absolute atomic E-state index is 0.207. The van der Waals surface area contributed by atoms with Crippen molar-refractivity contribution in [1.82, 2.24) is 9.97 Å². The van der Waals surface area contributed by atoms with Gasteiger partial charge in [0.15, 0.2) is 0 Å². The number of anilines is 2. The highest BCUT2D eigenvalue weighted by atomic mass is 35.5. The van der Waals surface area contributed by atoms with E-state index >= 15 is 0 Å². The van der Waals surface area contributed by atoms with E-state index in [0.717, 1.165) is 16.9 Å². The van der Waals surface area contributed by atoms with Gasteiger partial charge in [-0.25, -0.2) is 4.98 Å². The fourth-order valence-corrected chi connectivity index (χ4v) is 3.44. The first-order valence-corrected chi connectivity index (χ1v) is 10.7. The van der Waals surface area contributed by atoms with Crippen LogP contribution in [0.25, 0.3) is 11.3 Å². The van der Waals surface area contributed by atoms with E-state index in [1.807, 2.05) is 60.5 Å². The Balaban J connectivity index is 1.50. The van der Waals surface area contributed by atoms with Gasteiger partial charge in [-0.3, -0.25) is 9.78 Å². The third-order valence-corrected chi connectivity index (χ3v) is 5.37. The normalized spacial score (nSPS) is 10.6. The lowest BCUT2D eigenvalue weighted by molar-refractivity contribution is 0.102. The van der Waals surface area contributed by atoms with Crippen molar-refractivity contribution in [3.05, 3.63) is 106 Å². The molecule has 0 spiro atoms. The van der Waals surface area contributed by atoms with Crippen LogP contribution in [-0.2, 0) is 6.54 Å². The Kier molecular flexibility index (Phi) is 6.69. The first-order valence-electron chi connectivity index (χ1n) is 9.93. The van der Waals surface area contributed by atoms with E-state index < -0.39 is 0 Å². The lowest BCUT2D eigenvalue weighted by Crippen LogP contribution is -2.18. The number of nitrogens with zero attached hydrogens (tertiary/aromatic N) is 3. The molecule has 0 unspecified atom stereocenters. The molecule has 1 aromatic heterocycles. The number of rotatable bonds is 6. The third-order valence-electron chi connectivity index (χ3n) is 4.87. The summed E-state index contributed by atoms with van der Waals surface area (Å²) in [4.78, 5) is 23.6. The van der Waals surface area contributed by atoms with Gasteiger partial charge in [0.2, 0.25) is 0 Å². The number of hydrogen-bond acceptors (Lipinski definition) is 4. The van der Waals surface area contributed by atoms with Crippen LogP contribution in [0.15, 0.2) is 85.2 Å². The van der Waals surface area contributed by atoms with Crippen LogP contribution < -0.4 is 10.2 Å². The predicted molar refractivity (Wildman–Crippen MR) is 130 cm³/mol. The number of amides is 1. The fraction of sp³-hybridized carbons (Fsp3) is 0.0800. The Hall–Kier alpha value is -3.41. The van der Waals surface area contributed by atoms with Crippen molar-refractivity contribution in [1.29, 1.82) is 0 Å². The van der Waals surface area contributed by atoms with Crippen molar-refractivity contribution < 1.29 is 4.79 Å². The van der Waals surface area contributed by atoms with Crippen molar-refractivity contribution >= 4 is 40.6 Å². The summed E-state index contributed by atoms with van der Waals surface area (Å²) in [5, 5.41) is 4.21. The second-order valence-corrected chi connectivity index (χ2v) is 8.16. The lowest BCUT2D eigenvalue weighted by atomic mass is 10.1. The fourth-order valence-electron chi connectivity index (χ4n) is 3.18. The molecule has 1 N–H and O–H groups in total. The number of halogens is 2. The lowest BCUT2D eigenvalue weighted by Gasteiger charge is -2.18. The summed E-state index contributed by atoms with van der Waals surface area (Å²) in [6.07, 6.45) is 3.44. The molecule has 32 heavy (non-hydrogen) atoms. The topological polar surface area (TPSA) is 58.1 Å². The highest BCUT2D eigenvalue weighted by Gasteiger charge is 2.10. The zero-order valence-corrected chi connectivity index (χ0v) is 18.8. The molecule has 0 aliphatic heterocycles. The molecule has 0 fully saturated rings. The third kappa shape index (κ3) is 5.44. The summed E-state index contributed by atoms with van der Waals surface area (Å²) in [6.45, 7) is 0.673. The zero-order valence-electron chi connectivity index (χ0n) is 17.3. The molecule has 5 nitrogen and oxygen atoms in total. The largest absolute Gasteiger partial charge is 0.354 e. The molecule has 0 aliphatic rings. The summed E-state index contributed by atoms with van der Waals surface area (Å²) in [5.41, 5.74) is 3.90. The van der Waals surface area contributed by atoms with Crippen molar-refractivity contribution in [2.75, 3.05) is 17.3 Å². The zero-order chi connectivity index (χ0) is 22.5. The van der Waals surface area contributed by atoms with Crippen LogP contribution in [0.2, 0.25) is 10.0 Å². The van der Waals surface area contributed by atoms with Gasteiger partial charge in [-0.2, -0.15) is 0 Å². The monoisotopic (exact) mass is 462 g/mol. The molecule has 0 aliphatic carbocycles. The molecular weight excluding hydrogens is 443 g/mol. The van der Waals surface area contributed by atoms with Crippen LogP contribution in [0.4, 0.5) is 11.5 Å². The first kappa shape index (κ1) is 21.8. The van der Waals surface area contributed by atoms with Crippen LogP contribution >= 0.6 is 23.2 Å². The van der Waals surface area contributed by atoms with Crippen molar-refractivity contribution in [3.63, 3.8) is 0 Å². The van der Waals surface area contributed by atoms with Gasteiger partial charge in [0.05, 0.1) is 18.1 Å². The Morgan fingerprint density at radius 2 is 1.62 bits per heavy atom. The summed E-state index contributed by atoms with van der Waals surface area (Å²) in [7, 11) is 1.96. The molecule has 0 saturated carbocycles. The average Bonchev–Trinajstić information content (AvgIpc) is 2.81. The summed E-state index contributed by atoms with van der Waals surface area (Å²) < 4.78 is 0. The van der Waals surface area contributed by atoms with Crippen LogP contribution in [0.3, 0.4) is 0 Å². The molecule has 3 aromatic carbocycles. The van der Waals surface area contributed by atoms with Crippen molar-refractivity contribution in [2.45, 2.75) is 6.54 Å². The molecule has 0 bridgehead atoms. The van der Waals surface area contributed by atoms with E-state index in [0.29, 0.717) is 33.5 Å². The molecule has 0 radical (unpaired) electrons. The van der Waals surface area contributed by atoms with Crippen LogP contribution in [0.5, 0.6) is 0 Å². The molecule has 0 atom stereocenters. The Morgan fingerprint density at radius 1 is 0.938 bits per heavy atom. The average molecular weight is 463 g/mol. The molecule has 4 rings (SSSR count). The number of carbonyl (C=O) groups excluding carboxylic acids is 1. The van der Waals surface area contributed by atoms with E-state index in [1.54, 1.807) is 36.7 Å². The first-order chi connectivity index (χ1) is 15.5. The number of nitrogens with one attached hydrogen (secondary N) is 1. The van der Waals surface area contributed by atoms with E-state index in [9.17, 15) is 4.79 Å². The second-order valence-electron chi connectivity index (χ2n) is 7.29. The molecule has 4 aromatic rings. The smallest absolute Gasteiger partial charge is 0.255 e. The maximum Gasteiger partial charge on any atom is 0.255 e. The standard InChI is InChI=1S/C25H20Cl2N4O/c1-31(16-17-5-9-20(26)10-6-17)24-15-28-14-23(30-24)19-3-2-4-22(13-19)29-25(32)18-7-11-21(27)12-8-18/h2-15H,16H2,1H3,(H,29,32). The molecule has 0 saturated heterocycles. The van der Waals surface area contributed by atoms with Crippen LogP contribution in [-0.4, -0.2) is 22.9 Å². The van der Waals surface area contributed by atoms with Crippen LogP contribution in [0, 0.1) is 0 Å². The predicted octanol–water partition coefficient (Wildman–Crippen LogP) is 6.34. The van der Waals surface area contributed by atoms with Gasteiger partial charge >= 0.3 is 0 Å². The minimum atomic E-state index is -0.207. The maximum atomic E-state index is 12.5. The van der Waals surface area contributed by atoms with Gasteiger partial charge in [0.25, 0.3) is 5.91 Å². The van der Waals surface area contributed by atoms with E-state index in [2.05, 4.69) is 10.3 Å². The number of carbonyl (C=O) groups is 1. The second kappa shape index (κ2) is 9.81. The van der Waals surface area contributed by atoms with Gasteiger partial charge in [0.1, 0.15) is 5.82 Å². The number of hydrogen-bond donors (Lipinski definition) is 1. The minimum Gasteiger partial charge on any atom is -0.354 e. The SMILES string of the molecule is CN(Cc1ccc(Cl)cc1)c1cncc(-c2cccc(NC(=O)c3ccc(Cl)cc3)c2)n1. The van der Waals surface area contributed by atoms with Gasteiger partial charge in [-0.1, -0.05) is 47.5 Å². The number of aromatic nitrogens is 2. The Labute approximate surface area is 196 Å². The molecular formula is C25H20Cl2N4O. The molecule has 1 amide bonds. The highest BCUT2D eigenvalue weighted by Crippen LogP contribution is 2.23. The van der Waals surface area contributed by atoms with Crippen molar-refractivity contribution in [3.8, 4) is 11.3 Å². The summed E-state index contributed by atoms with van der Waals surface area (Å²) in [5.74, 6) is 0.536. The van der Waals surface area contributed by atoms with Gasteiger partial charge in [-0.05, 0) is 54.1 Å². The molecule has 7 heteroatoms.